The zero-order chi connectivity index (χ0) is 15.9. The molecule has 8 heteroatoms. The van der Waals surface area contributed by atoms with Gasteiger partial charge in [-0.05, 0) is 26.3 Å². The topological polar surface area (TPSA) is 107 Å². The molecular formula is C13H24N2O5S. The highest BCUT2D eigenvalue weighted by molar-refractivity contribution is 7.91. The van der Waals surface area contributed by atoms with E-state index in [0.29, 0.717) is 19.6 Å². The summed E-state index contributed by atoms with van der Waals surface area (Å²) in [5, 5.41) is 0. The number of hydrogen-bond donors (Lipinski definition) is 1. The van der Waals surface area contributed by atoms with Gasteiger partial charge in [-0.25, -0.2) is 8.42 Å². The summed E-state index contributed by atoms with van der Waals surface area (Å²) in [6.07, 6.45) is 2.41. The van der Waals surface area contributed by atoms with E-state index in [1.54, 1.807) is 6.92 Å². The lowest BCUT2D eigenvalue weighted by Gasteiger charge is -2.33. The largest absolute Gasteiger partial charge is 0.465 e. The van der Waals surface area contributed by atoms with Crippen molar-refractivity contribution in [3.8, 4) is 0 Å². The van der Waals surface area contributed by atoms with Crippen LogP contribution in [0.2, 0.25) is 0 Å². The second-order valence-corrected chi connectivity index (χ2v) is 7.47. The minimum absolute atomic E-state index is 0.0732. The van der Waals surface area contributed by atoms with E-state index in [2.05, 4.69) is 0 Å². The number of esters is 1. The first-order chi connectivity index (χ1) is 9.85. The Morgan fingerprint density at radius 2 is 2.00 bits per heavy atom. The normalized spacial score (nSPS) is 20.1. The molecule has 1 rings (SSSR count). The summed E-state index contributed by atoms with van der Waals surface area (Å²) < 4.78 is 28.7. The zero-order valence-corrected chi connectivity index (χ0v) is 13.2. The molecule has 1 heterocycles. The maximum Gasteiger partial charge on any atom is 0.323 e. The number of carbonyl (C=O) groups excluding carboxylic acids is 2. The molecule has 21 heavy (non-hydrogen) atoms. The fraction of sp³-hybridized carbons (Fsp3) is 0.846. The van der Waals surface area contributed by atoms with Crippen LogP contribution in [0, 0.1) is 0 Å². The Morgan fingerprint density at radius 3 is 2.62 bits per heavy atom. The predicted octanol–water partition coefficient (Wildman–Crippen LogP) is -0.306. The van der Waals surface area contributed by atoms with Crippen LogP contribution in [0.15, 0.2) is 0 Å². The van der Waals surface area contributed by atoms with Crippen LogP contribution in [0.5, 0.6) is 0 Å². The lowest BCUT2D eigenvalue weighted by atomic mass is 10.0. The van der Waals surface area contributed by atoms with Crippen LogP contribution in [-0.4, -0.2) is 62.4 Å². The summed E-state index contributed by atoms with van der Waals surface area (Å²) >= 11 is 0. The summed E-state index contributed by atoms with van der Waals surface area (Å²) in [6.45, 7) is 3.04. The van der Waals surface area contributed by atoms with Crippen molar-refractivity contribution < 1.29 is 22.7 Å². The minimum Gasteiger partial charge on any atom is -0.465 e. The van der Waals surface area contributed by atoms with Crippen LogP contribution >= 0.6 is 0 Å². The third kappa shape index (κ3) is 6.43. The summed E-state index contributed by atoms with van der Waals surface area (Å²) in [7, 11) is -3.33. The van der Waals surface area contributed by atoms with Gasteiger partial charge in [0.2, 0.25) is 5.91 Å². The Morgan fingerprint density at radius 1 is 1.29 bits per heavy atom. The van der Waals surface area contributed by atoms with Gasteiger partial charge in [-0.1, -0.05) is 6.42 Å². The Bertz CT molecular complexity index is 463. The molecule has 1 fully saturated rings. The fourth-order valence-corrected chi connectivity index (χ4v) is 3.61. The number of amides is 1. The Hall–Kier alpha value is -1.15. The number of rotatable bonds is 8. The highest BCUT2D eigenvalue weighted by atomic mass is 32.2. The summed E-state index contributed by atoms with van der Waals surface area (Å²) in [4.78, 5) is 24.4. The zero-order valence-electron chi connectivity index (χ0n) is 12.4. The molecule has 1 unspecified atom stereocenters. The maximum atomic E-state index is 11.9. The highest BCUT2D eigenvalue weighted by Gasteiger charge is 2.30. The summed E-state index contributed by atoms with van der Waals surface area (Å²) in [5.74, 6) is -1.22. The lowest BCUT2D eigenvalue weighted by molar-refractivity contribution is -0.150. The van der Waals surface area contributed by atoms with Gasteiger partial charge >= 0.3 is 5.97 Å². The van der Waals surface area contributed by atoms with Gasteiger partial charge in [0, 0.05) is 13.0 Å². The van der Waals surface area contributed by atoms with Gasteiger partial charge in [-0.15, -0.1) is 0 Å². The Kier molecular flexibility index (Phi) is 7.10. The number of primary amides is 1. The molecule has 1 aliphatic rings. The molecule has 7 nitrogen and oxygen atoms in total. The minimum atomic E-state index is -3.33. The predicted molar refractivity (Wildman–Crippen MR) is 78.3 cm³/mol. The summed E-state index contributed by atoms with van der Waals surface area (Å²) in [5.41, 5.74) is 4.96. The van der Waals surface area contributed by atoms with Crippen LogP contribution < -0.4 is 5.73 Å². The smallest absolute Gasteiger partial charge is 0.323 e. The first-order valence-corrected chi connectivity index (χ1v) is 9.07. The first-order valence-electron chi connectivity index (χ1n) is 7.25. The number of carbonyl (C=O) groups is 2. The Labute approximate surface area is 125 Å². The van der Waals surface area contributed by atoms with E-state index in [9.17, 15) is 18.0 Å². The second-order valence-electron chi connectivity index (χ2n) is 5.17. The number of nitrogens with two attached hydrogens (primary N) is 1. The van der Waals surface area contributed by atoms with E-state index < -0.39 is 15.7 Å². The van der Waals surface area contributed by atoms with Crippen molar-refractivity contribution in [2.75, 3.05) is 31.2 Å². The molecule has 1 aliphatic heterocycles. The molecule has 0 spiro atoms. The van der Waals surface area contributed by atoms with Crippen molar-refractivity contribution in [3.05, 3.63) is 0 Å². The van der Waals surface area contributed by atoms with Crippen molar-refractivity contribution in [2.24, 2.45) is 5.73 Å². The van der Waals surface area contributed by atoms with E-state index in [-0.39, 0.29) is 36.5 Å². The van der Waals surface area contributed by atoms with Crippen LogP contribution in [0.4, 0.5) is 0 Å². The van der Waals surface area contributed by atoms with Gasteiger partial charge in [-0.2, -0.15) is 0 Å². The van der Waals surface area contributed by atoms with E-state index in [1.165, 1.54) is 0 Å². The number of nitrogens with zero attached hydrogens (tertiary/aromatic N) is 1. The number of ether oxygens (including phenoxy) is 1. The molecule has 0 aliphatic carbocycles. The van der Waals surface area contributed by atoms with E-state index >= 15 is 0 Å². The highest BCUT2D eigenvalue weighted by Crippen LogP contribution is 2.18. The van der Waals surface area contributed by atoms with E-state index in [0.717, 1.165) is 12.8 Å². The van der Waals surface area contributed by atoms with Gasteiger partial charge in [0.15, 0.2) is 9.84 Å². The molecule has 1 atom stereocenters. The molecule has 0 radical (unpaired) electrons. The van der Waals surface area contributed by atoms with Crippen molar-refractivity contribution in [1.29, 1.82) is 0 Å². The van der Waals surface area contributed by atoms with Crippen molar-refractivity contribution in [3.63, 3.8) is 0 Å². The molecule has 0 bridgehead atoms. The number of likely N-dealkylation sites (tertiary alicyclic amines) is 1. The third-order valence-electron chi connectivity index (χ3n) is 3.52. The second kappa shape index (κ2) is 8.33. The van der Waals surface area contributed by atoms with Crippen molar-refractivity contribution in [2.45, 2.75) is 38.6 Å². The SMILES string of the molecule is CCOC(=O)C1CCCCN1CCS(=O)(=O)CCC(N)=O. The van der Waals surface area contributed by atoms with E-state index in [4.69, 9.17) is 10.5 Å². The average molecular weight is 320 g/mol. The van der Waals surface area contributed by atoms with Crippen LogP contribution in [0.25, 0.3) is 0 Å². The standard InChI is InChI=1S/C13H24N2O5S/c1-2-20-13(17)11-5-3-4-7-15(11)8-10-21(18,19)9-6-12(14)16/h11H,2-10H2,1H3,(H2,14,16). The first kappa shape index (κ1) is 17.9. The summed E-state index contributed by atoms with van der Waals surface area (Å²) in [6, 6.07) is -0.356. The molecular weight excluding hydrogens is 296 g/mol. The number of piperidine rings is 1. The monoisotopic (exact) mass is 320 g/mol. The third-order valence-corrected chi connectivity index (χ3v) is 5.15. The van der Waals surface area contributed by atoms with Gasteiger partial charge < -0.3 is 10.5 Å². The quantitative estimate of drug-likeness (QED) is 0.615. The average Bonchev–Trinajstić information content (AvgIpc) is 2.44. The fourth-order valence-electron chi connectivity index (χ4n) is 2.38. The van der Waals surface area contributed by atoms with Gasteiger partial charge in [0.05, 0.1) is 18.1 Å². The number of hydrogen-bond acceptors (Lipinski definition) is 6. The molecule has 0 aromatic carbocycles. The molecule has 0 saturated carbocycles. The van der Waals surface area contributed by atoms with Crippen molar-refractivity contribution in [1.82, 2.24) is 4.90 Å². The molecule has 1 amide bonds. The van der Waals surface area contributed by atoms with Crippen LogP contribution in [0.3, 0.4) is 0 Å². The Balaban J connectivity index is 2.54. The van der Waals surface area contributed by atoms with Crippen molar-refractivity contribution >= 4 is 21.7 Å². The van der Waals surface area contributed by atoms with Crippen LogP contribution in [0.1, 0.15) is 32.6 Å². The van der Waals surface area contributed by atoms with Crippen LogP contribution in [-0.2, 0) is 24.2 Å². The number of sulfone groups is 1. The molecule has 122 valence electrons. The molecule has 1 saturated heterocycles. The van der Waals surface area contributed by atoms with Gasteiger partial charge in [-0.3, -0.25) is 14.5 Å². The van der Waals surface area contributed by atoms with Gasteiger partial charge in [0.1, 0.15) is 6.04 Å². The maximum absolute atomic E-state index is 11.9. The lowest BCUT2D eigenvalue weighted by Crippen LogP contribution is -2.47. The van der Waals surface area contributed by atoms with E-state index in [1.807, 2.05) is 4.90 Å². The molecule has 2 N–H and O–H groups in total. The molecule has 0 aromatic rings. The van der Waals surface area contributed by atoms with Gasteiger partial charge in [0.25, 0.3) is 0 Å². The molecule has 0 aromatic heterocycles.